The molecule has 0 unspecified atom stereocenters. The van der Waals surface area contributed by atoms with Crippen LogP contribution in [0.25, 0.3) is 0 Å². The Labute approximate surface area is 210 Å². The molecule has 2 aromatic rings. The third-order valence-electron chi connectivity index (χ3n) is 5.68. The molecular formula is C25H34N2O9. The summed E-state index contributed by atoms with van der Waals surface area (Å²) in [6, 6.07) is 10.0. The van der Waals surface area contributed by atoms with Gasteiger partial charge in [-0.25, -0.2) is 9.59 Å². The van der Waals surface area contributed by atoms with Gasteiger partial charge in [0.05, 0.1) is 35.5 Å². The van der Waals surface area contributed by atoms with Gasteiger partial charge in [-0.05, 0) is 23.8 Å². The van der Waals surface area contributed by atoms with E-state index in [-0.39, 0.29) is 0 Å². The first-order valence-electron chi connectivity index (χ1n) is 11.2. The molecule has 0 bridgehead atoms. The summed E-state index contributed by atoms with van der Waals surface area (Å²) in [5, 5.41) is 14.8. The predicted octanol–water partition coefficient (Wildman–Crippen LogP) is 2.20. The largest absolute Gasteiger partial charge is 0.496 e. The molecule has 2 aromatic carbocycles. The van der Waals surface area contributed by atoms with Gasteiger partial charge in [0.2, 0.25) is 0 Å². The molecule has 0 spiro atoms. The Balaban J connectivity index is 0.000000678. The van der Waals surface area contributed by atoms with Gasteiger partial charge in [0, 0.05) is 50.9 Å². The Morgan fingerprint density at radius 3 is 1.56 bits per heavy atom. The van der Waals surface area contributed by atoms with Gasteiger partial charge in [0.15, 0.2) is 23.0 Å². The number of ether oxygens (including phenoxy) is 5. The van der Waals surface area contributed by atoms with Crippen molar-refractivity contribution in [2.45, 2.75) is 13.1 Å². The lowest BCUT2D eigenvalue weighted by Gasteiger charge is -2.35. The average molecular weight is 507 g/mol. The fraction of sp³-hybridized carbons (Fsp3) is 0.440. The zero-order chi connectivity index (χ0) is 26.7. The molecule has 1 aliphatic rings. The number of aliphatic carboxylic acids is 2. The molecule has 1 heterocycles. The van der Waals surface area contributed by atoms with Crippen molar-refractivity contribution in [3.63, 3.8) is 0 Å². The fourth-order valence-corrected chi connectivity index (χ4v) is 3.80. The molecule has 198 valence electrons. The van der Waals surface area contributed by atoms with Crippen LogP contribution in [-0.2, 0) is 22.7 Å². The second kappa shape index (κ2) is 14.0. The molecule has 36 heavy (non-hydrogen) atoms. The van der Waals surface area contributed by atoms with Crippen LogP contribution < -0.4 is 23.7 Å². The first kappa shape index (κ1) is 28.5. The molecule has 0 saturated carbocycles. The maximum Gasteiger partial charge on any atom is 0.414 e. The molecule has 0 radical (unpaired) electrons. The number of methoxy groups -OCH3 is 5. The Morgan fingerprint density at radius 1 is 0.639 bits per heavy atom. The van der Waals surface area contributed by atoms with Crippen LogP contribution >= 0.6 is 0 Å². The van der Waals surface area contributed by atoms with E-state index in [1.165, 1.54) is 5.56 Å². The van der Waals surface area contributed by atoms with Gasteiger partial charge in [-0.2, -0.15) is 0 Å². The van der Waals surface area contributed by atoms with Crippen molar-refractivity contribution in [1.82, 2.24) is 9.80 Å². The van der Waals surface area contributed by atoms with Crippen LogP contribution in [0.15, 0.2) is 30.3 Å². The van der Waals surface area contributed by atoms with Crippen molar-refractivity contribution >= 4 is 11.9 Å². The van der Waals surface area contributed by atoms with Crippen molar-refractivity contribution in [3.05, 3.63) is 41.5 Å². The molecule has 11 heteroatoms. The summed E-state index contributed by atoms with van der Waals surface area (Å²) in [5.74, 6) is 0.104. The van der Waals surface area contributed by atoms with Crippen LogP contribution in [0.3, 0.4) is 0 Å². The molecule has 2 N–H and O–H groups in total. The summed E-state index contributed by atoms with van der Waals surface area (Å²) in [6.45, 7) is 5.70. The summed E-state index contributed by atoms with van der Waals surface area (Å²) in [4.78, 5) is 23.1. The Morgan fingerprint density at radius 2 is 1.08 bits per heavy atom. The summed E-state index contributed by atoms with van der Waals surface area (Å²) >= 11 is 0. The lowest BCUT2D eigenvalue weighted by Crippen LogP contribution is -2.45. The Kier molecular flexibility index (Phi) is 11.1. The van der Waals surface area contributed by atoms with Crippen LogP contribution in [0.4, 0.5) is 0 Å². The minimum absolute atomic E-state index is 0.679. The Hall–Kier alpha value is -3.70. The molecule has 1 aliphatic heterocycles. The van der Waals surface area contributed by atoms with Gasteiger partial charge >= 0.3 is 11.9 Å². The van der Waals surface area contributed by atoms with Gasteiger partial charge in [0.1, 0.15) is 5.75 Å². The number of hydrogen-bond donors (Lipinski definition) is 2. The van der Waals surface area contributed by atoms with E-state index in [0.717, 1.165) is 67.8 Å². The van der Waals surface area contributed by atoms with E-state index < -0.39 is 11.9 Å². The highest BCUT2D eigenvalue weighted by Gasteiger charge is 2.20. The fourth-order valence-electron chi connectivity index (χ4n) is 3.80. The SMILES string of the molecule is COc1cc(OC)c(OC)cc1CN1CCN(Cc2ccc(OC)c(OC)c2)CC1.O=C(O)C(=O)O. The normalized spacial score (nSPS) is 13.7. The monoisotopic (exact) mass is 506 g/mol. The minimum Gasteiger partial charge on any atom is -0.496 e. The van der Waals surface area contributed by atoms with Crippen molar-refractivity contribution < 1.29 is 43.5 Å². The first-order valence-corrected chi connectivity index (χ1v) is 11.2. The average Bonchev–Trinajstić information content (AvgIpc) is 2.89. The Bertz CT molecular complexity index is 1010. The number of rotatable bonds is 9. The second-order valence-corrected chi connectivity index (χ2v) is 7.87. The molecule has 1 saturated heterocycles. The third-order valence-corrected chi connectivity index (χ3v) is 5.68. The zero-order valence-corrected chi connectivity index (χ0v) is 21.3. The maximum atomic E-state index is 9.10. The molecule has 0 aliphatic carbocycles. The van der Waals surface area contributed by atoms with E-state index in [0.29, 0.717) is 5.75 Å². The summed E-state index contributed by atoms with van der Waals surface area (Å²) in [7, 11) is 8.30. The topological polar surface area (TPSA) is 127 Å². The van der Waals surface area contributed by atoms with E-state index in [9.17, 15) is 0 Å². The van der Waals surface area contributed by atoms with E-state index >= 15 is 0 Å². The summed E-state index contributed by atoms with van der Waals surface area (Å²) in [5.41, 5.74) is 2.33. The molecular weight excluding hydrogens is 472 g/mol. The van der Waals surface area contributed by atoms with Crippen molar-refractivity contribution in [2.75, 3.05) is 61.7 Å². The quantitative estimate of drug-likeness (QED) is 0.486. The van der Waals surface area contributed by atoms with Gasteiger partial charge in [-0.3, -0.25) is 9.80 Å². The van der Waals surface area contributed by atoms with Gasteiger partial charge in [-0.15, -0.1) is 0 Å². The van der Waals surface area contributed by atoms with Crippen LogP contribution in [0, 0.1) is 0 Å². The molecule has 3 rings (SSSR count). The number of carboxylic acid groups (broad SMARTS) is 2. The molecule has 0 amide bonds. The number of carboxylic acids is 2. The lowest BCUT2D eigenvalue weighted by atomic mass is 10.1. The first-order chi connectivity index (χ1) is 17.3. The summed E-state index contributed by atoms with van der Waals surface area (Å²) in [6.07, 6.45) is 0. The van der Waals surface area contributed by atoms with Crippen LogP contribution in [0.2, 0.25) is 0 Å². The number of hydrogen-bond acceptors (Lipinski definition) is 9. The number of nitrogens with zero attached hydrogens (tertiary/aromatic N) is 2. The van der Waals surface area contributed by atoms with E-state index in [1.807, 2.05) is 18.2 Å². The highest BCUT2D eigenvalue weighted by Crippen LogP contribution is 2.35. The highest BCUT2D eigenvalue weighted by atomic mass is 16.5. The van der Waals surface area contributed by atoms with E-state index in [2.05, 4.69) is 21.9 Å². The van der Waals surface area contributed by atoms with Crippen LogP contribution in [0.1, 0.15) is 11.1 Å². The van der Waals surface area contributed by atoms with Crippen LogP contribution in [-0.4, -0.2) is 93.7 Å². The maximum absolute atomic E-state index is 9.10. The molecule has 1 fully saturated rings. The smallest absolute Gasteiger partial charge is 0.414 e. The number of piperazine rings is 1. The molecule has 0 atom stereocenters. The van der Waals surface area contributed by atoms with E-state index in [4.69, 9.17) is 43.5 Å². The molecule has 0 aromatic heterocycles. The second-order valence-electron chi connectivity index (χ2n) is 7.87. The summed E-state index contributed by atoms with van der Waals surface area (Å²) < 4.78 is 27.2. The third kappa shape index (κ3) is 7.92. The van der Waals surface area contributed by atoms with Crippen molar-refractivity contribution in [3.8, 4) is 28.7 Å². The van der Waals surface area contributed by atoms with Crippen molar-refractivity contribution in [1.29, 1.82) is 0 Å². The number of benzene rings is 2. The van der Waals surface area contributed by atoms with E-state index in [1.54, 1.807) is 35.5 Å². The molecule has 11 nitrogen and oxygen atoms in total. The van der Waals surface area contributed by atoms with Crippen LogP contribution in [0.5, 0.6) is 28.7 Å². The predicted molar refractivity (Wildman–Crippen MR) is 131 cm³/mol. The minimum atomic E-state index is -1.82. The standard InChI is InChI=1S/C23H32N2O5.C2H2O4/c1-26-19-7-6-17(12-21(19)28-3)15-24-8-10-25(11-9-24)16-18-13-22(29-4)23(30-5)14-20(18)27-2;3-1(4)2(5)6/h6-7,12-14H,8-11,15-16H2,1-5H3;(H,3,4)(H,5,6). The van der Waals surface area contributed by atoms with Gasteiger partial charge < -0.3 is 33.9 Å². The zero-order valence-electron chi connectivity index (χ0n) is 21.3. The van der Waals surface area contributed by atoms with Crippen molar-refractivity contribution in [2.24, 2.45) is 0 Å². The number of carbonyl (C=O) groups is 2. The van der Waals surface area contributed by atoms with Gasteiger partial charge in [-0.1, -0.05) is 6.07 Å². The van der Waals surface area contributed by atoms with Gasteiger partial charge in [0.25, 0.3) is 0 Å². The highest BCUT2D eigenvalue weighted by molar-refractivity contribution is 6.27. The lowest BCUT2D eigenvalue weighted by molar-refractivity contribution is -0.159.